The Morgan fingerprint density at radius 2 is 2.19 bits per heavy atom. The van der Waals surface area contributed by atoms with Gasteiger partial charge < -0.3 is 9.32 Å². The highest BCUT2D eigenvalue weighted by molar-refractivity contribution is 7.99. The van der Waals surface area contributed by atoms with Crippen molar-refractivity contribution in [3.05, 3.63) is 41.1 Å². The van der Waals surface area contributed by atoms with Gasteiger partial charge in [0, 0.05) is 19.8 Å². The maximum absolute atomic E-state index is 12.9. The number of hydrogen-bond donors (Lipinski definition) is 0. The molecule has 0 saturated carbocycles. The minimum absolute atomic E-state index is 0.00296. The standard InChI is InChI=1S/C17H21N7O2S/c1-22-15-7-3-6-13(15)14(19-22)10-24(9-12-5-4-8-26-12)16(25)11-27-17-18-20-21-23(17)2/h4-5,8H,3,6-7,9-11H2,1-2H3. The molecule has 0 aliphatic heterocycles. The van der Waals surface area contributed by atoms with Crippen LogP contribution in [-0.4, -0.2) is 46.5 Å². The molecule has 9 nitrogen and oxygen atoms in total. The van der Waals surface area contributed by atoms with Crippen LogP contribution in [-0.2, 0) is 44.8 Å². The Labute approximate surface area is 160 Å². The van der Waals surface area contributed by atoms with Crippen LogP contribution in [0.1, 0.15) is 29.1 Å². The molecule has 0 bridgehead atoms. The van der Waals surface area contributed by atoms with Gasteiger partial charge in [-0.1, -0.05) is 11.8 Å². The van der Waals surface area contributed by atoms with Gasteiger partial charge in [0.1, 0.15) is 5.76 Å². The lowest BCUT2D eigenvalue weighted by atomic mass is 10.2. The fourth-order valence-corrected chi connectivity index (χ4v) is 4.14. The van der Waals surface area contributed by atoms with E-state index >= 15 is 0 Å². The Hall–Kier alpha value is -2.62. The Morgan fingerprint density at radius 3 is 2.93 bits per heavy atom. The zero-order chi connectivity index (χ0) is 18.8. The van der Waals surface area contributed by atoms with Crippen molar-refractivity contribution in [1.29, 1.82) is 0 Å². The van der Waals surface area contributed by atoms with E-state index in [-0.39, 0.29) is 11.7 Å². The summed E-state index contributed by atoms with van der Waals surface area (Å²) in [7, 11) is 3.73. The molecule has 1 aliphatic rings. The van der Waals surface area contributed by atoms with Crippen LogP contribution in [0.15, 0.2) is 28.0 Å². The minimum Gasteiger partial charge on any atom is -0.467 e. The second-order valence-corrected chi connectivity index (χ2v) is 7.49. The lowest BCUT2D eigenvalue weighted by molar-refractivity contribution is -0.129. The Kier molecular flexibility index (Phi) is 4.97. The molecule has 3 heterocycles. The topological polar surface area (TPSA) is 94.9 Å². The highest BCUT2D eigenvalue weighted by atomic mass is 32.2. The van der Waals surface area contributed by atoms with Crippen molar-refractivity contribution in [3.63, 3.8) is 0 Å². The molecule has 0 fully saturated rings. The number of aryl methyl sites for hydroxylation is 2. The van der Waals surface area contributed by atoms with Crippen LogP contribution >= 0.6 is 11.8 Å². The number of carbonyl (C=O) groups excluding carboxylic acids is 1. The SMILES string of the molecule is Cn1nnnc1SCC(=O)N(Cc1ccco1)Cc1nn(C)c2c1CCC2. The summed E-state index contributed by atoms with van der Waals surface area (Å²) in [6.07, 6.45) is 4.85. The Morgan fingerprint density at radius 1 is 1.30 bits per heavy atom. The number of carbonyl (C=O) groups is 1. The van der Waals surface area contributed by atoms with Crippen LogP contribution in [0.3, 0.4) is 0 Å². The van der Waals surface area contributed by atoms with Crippen LogP contribution in [0.5, 0.6) is 0 Å². The monoisotopic (exact) mass is 387 g/mol. The molecule has 0 radical (unpaired) electrons. The van der Waals surface area contributed by atoms with E-state index in [1.807, 2.05) is 23.9 Å². The van der Waals surface area contributed by atoms with Crippen molar-refractivity contribution in [1.82, 2.24) is 34.9 Å². The number of fused-ring (bicyclic) bond motifs is 1. The van der Waals surface area contributed by atoms with Gasteiger partial charge in [0.05, 0.1) is 30.8 Å². The second-order valence-electron chi connectivity index (χ2n) is 6.55. The maximum Gasteiger partial charge on any atom is 0.233 e. The minimum atomic E-state index is -0.00296. The largest absolute Gasteiger partial charge is 0.467 e. The van der Waals surface area contributed by atoms with Crippen LogP contribution in [0.4, 0.5) is 0 Å². The van der Waals surface area contributed by atoms with E-state index in [9.17, 15) is 4.79 Å². The van der Waals surface area contributed by atoms with E-state index in [0.717, 1.165) is 30.7 Å². The number of aromatic nitrogens is 6. The quantitative estimate of drug-likeness (QED) is 0.565. The molecule has 1 aliphatic carbocycles. The molecule has 1 amide bonds. The van der Waals surface area contributed by atoms with E-state index in [1.54, 1.807) is 22.9 Å². The Bertz CT molecular complexity index is 931. The molecule has 27 heavy (non-hydrogen) atoms. The average Bonchev–Trinajstić information content (AvgIpc) is 3.42. The number of hydrogen-bond acceptors (Lipinski definition) is 7. The number of thioether (sulfide) groups is 1. The fourth-order valence-electron chi connectivity index (χ4n) is 3.39. The number of amides is 1. The summed E-state index contributed by atoms with van der Waals surface area (Å²) in [6.45, 7) is 0.884. The van der Waals surface area contributed by atoms with E-state index in [4.69, 9.17) is 4.42 Å². The first kappa shape index (κ1) is 17.8. The average molecular weight is 387 g/mol. The number of tetrazole rings is 1. The maximum atomic E-state index is 12.9. The van der Waals surface area contributed by atoms with Gasteiger partial charge in [-0.3, -0.25) is 9.48 Å². The summed E-state index contributed by atoms with van der Waals surface area (Å²) in [5, 5.41) is 16.6. The highest BCUT2D eigenvalue weighted by Gasteiger charge is 2.25. The third-order valence-corrected chi connectivity index (χ3v) is 5.72. The number of nitrogens with zero attached hydrogens (tertiary/aromatic N) is 7. The van der Waals surface area contributed by atoms with Gasteiger partial charge in [-0.2, -0.15) is 5.10 Å². The third kappa shape index (κ3) is 3.75. The van der Waals surface area contributed by atoms with Crippen molar-refractivity contribution in [2.45, 2.75) is 37.5 Å². The molecule has 0 saturated heterocycles. The van der Waals surface area contributed by atoms with Gasteiger partial charge in [0.15, 0.2) is 0 Å². The smallest absolute Gasteiger partial charge is 0.233 e. The molecular formula is C17H21N7O2S. The highest BCUT2D eigenvalue weighted by Crippen LogP contribution is 2.26. The third-order valence-electron chi connectivity index (χ3n) is 4.72. The summed E-state index contributed by atoms with van der Waals surface area (Å²) in [4.78, 5) is 14.7. The van der Waals surface area contributed by atoms with Crippen molar-refractivity contribution >= 4 is 17.7 Å². The summed E-state index contributed by atoms with van der Waals surface area (Å²) in [6, 6.07) is 3.71. The zero-order valence-electron chi connectivity index (χ0n) is 15.3. The van der Waals surface area contributed by atoms with Crippen molar-refractivity contribution < 1.29 is 9.21 Å². The molecule has 3 aromatic rings. The first-order valence-corrected chi connectivity index (χ1v) is 9.79. The van der Waals surface area contributed by atoms with Crippen molar-refractivity contribution in [2.24, 2.45) is 14.1 Å². The van der Waals surface area contributed by atoms with E-state index < -0.39 is 0 Å². The predicted molar refractivity (Wildman–Crippen MR) is 97.7 cm³/mol. The van der Waals surface area contributed by atoms with Gasteiger partial charge in [0.25, 0.3) is 0 Å². The summed E-state index contributed by atoms with van der Waals surface area (Å²) >= 11 is 1.32. The van der Waals surface area contributed by atoms with Crippen LogP contribution in [0.2, 0.25) is 0 Å². The molecule has 0 unspecified atom stereocenters. The van der Waals surface area contributed by atoms with Crippen LogP contribution in [0, 0.1) is 0 Å². The van der Waals surface area contributed by atoms with Gasteiger partial charge >= 0.3 is 0 Å². The first-order valence-electron chi connectivity index (χ1n) is 8.80. The van der Waals surface area contributed by atoms with E-state index in [2.05, 4.69) is 20.6 Å². The molecule has 0 N–H and O–H groups in total. The normalized spacial score (nSPS) is 13.1. The molecule has 142 valence electrons. The first-order chi connectivity index (χ1) is 13.1. The zero-order valence-corrected chi connectivity index (χ0v) is 16.1. The van der Waals surface area contributed by atoms with Gasteiger partial charge in [-0.25, -0.2) is 4.68 Å². The molecule has 3 aromatic heterocycles. The van der Waals surface area contributed by atoms with Crippen molar-refractivity contribution in [3.8, 4) is 0 Å². The lowest BCUT2D eigenvalue weighted by Crippen LogP contribution is -2.32. The second kappa shape index (κ2) is 7.55. The van der Waals surface area contributed by atoms with Gasteiger partial charge in [0.2, 0.25) is 11.1 Å². The number of rotatable bonds is 7. The predicted octanol–water partition coefficient (Wildman–Crippen LogP) is 1.35. The summed E-state index contributed by atoms with van der Waals surface area (Å²) < 4.78 is 8.96. The van der Waals surface area contributed by atoms with E-state index in [1.165, 1.54) is 23.0 Å². The van der Waals surface area contributed by atoms with Crippen LogP contribution < -0.4 is 0 Å². The fraction of sp³-hybridized carbons (Fsp3) is 0.471. The van der Waals surface area contributed by atoms with Crippen molar-refractivity contribution in [2.75, 3.05) is 5.75 Å². The molecule has 0 aromatic carbocycles. The van der Waals surface area contributed by atoms with Gasteiger partial charge in [-0.05, 0) is 47.4 Å². The Balaban J connectivity index is 1.51. The summed E-state index contributed by atoms with van der Waals surface area (Å²) in [5.41, 5.74) is 3.56. The molecule has 0 spiro atoms. The number of furan rings is 1. The summed E-state index contributed by atoms with van der Waals surface area (Å²) in [5.74, 6) is 1.00. The molecule has 0 atom stereocenters. The molecule has 4 rings (SSSR count). The lowest BCUT2D eigenvalue weighted by Gasteiger charge is -2.21. The van der Waals surface area contributed by atoms with E-state index in [0.29, 0.717) is 18.2 Å². The van der Waals surface area contributed by atoms with Gasteiger partial charge in [-0.15, -0.1) is 5.10 Å². The molecule has 10 heteroatoms. The van der Waals surface area contributed by atoms with Crippen LogP contribution in [0.25, 0.3) is 0 Å². The molecular weight excluding hydrogens is 366 g/mol.